The van der Waals surface area contributed by atoms with Gasteiger partial charge in [-0.25, -0.2) is 4.39 Å². The molecule has 192 valence electrons. The standard InChI is InChI=1S/C28H28ClFN4O2S/c1-5-36-22-13-11-21(12-14-22)34-26(18-6-8-19(9-7-18)28(2,3)4)32-33-27(34)37-17-25(35)31-20-10-15-24(30)23(29)16-20/h6-16H,5,17H2,1-4H3,(H,31,35). The van der Waals surface area contributed by atoms with Crippen molar-refractivity contribution in [1.82, 2.24) is 14.8 Å². The molecule has 0 spiro atoms. The van der Waals surface area contributed by atoms with Crippen LogP contribution in [-0.2, 0) is 10.2 Å². The maximum atomic E-state index is 13.4. The van der Waals surface area contributed by atoms with Crippen LogP contribution in [0.4, 0.5) is 10.1 Å². The van der Waals surface area contributed by atoms with E-state index < -0.39 is 5.82 Å². The lowest BCUT2D eigenvalue weighted by Gasteiger charge is -2.19. The maximum Gasteiger partial charge on any atom is 0.234 e. The maximum absolute atomic E-state index is 13.4. The highest BCUT2D eigenvalue weighted by Gasteiger charge is 2.19. The molecule has 6 nitrogen and oxygen atoms in total. The van der Waals surface area contributed by atoms with Gasteiger partial charge < -0.3 is 10.1 Å². The Morgan fingerprint density at radius 1 is 1.05 bits per heavy atom. The zero-order valence-electron chi connectivity index (χ0n) is 21.1. The third kappa shape index (κ3) is 6.50. The van der Waals surface area contributed by atoms with Gasteiger partial charge in [-0.05, 0) is 60.4 Å². The lowest BCUT2D eigenvalue weighted by molar-refractivity contribution is -0.113. The molecule has 1 heterocycles. The average Bonchev–Trinajstić information content (AvgIpc) is 3.29. The summed E-state index contributed by atoms with van der Waals surface area (Å²) in [5, 5.41) is 12.1. The SMILES string of the molecule is CCOc1ccc(-n2c(SCC(=O)Nc3ccc(F)c(Cl)c3)nnc2-c2ccc(C(C)(C)C)cc2)cc1. The number of ether oxygens (including phenoxy) is 1. The van der Waals surface area contributed by atoms with Gasteiger partial charge in [0.15, 0.2) is 11.0 Å². The second kappa shape index (κ2) is 11.4. The summed E-state index contributed by atoms with van der Waals surface area (Å²) < 4.78 is 20.9. The van der Waals surface area contributed by atoms with Crippen molar-refractivity contribution in [1.29, 1.82) is 0 Å². The number of carbonyl (C=O) groups excluding carboxylic acids is 1. The van der Waals surface area contributed by atoms with E-state index in [1.54, 1.807) is 0 Å². The Kier molecular flexibility index (Phi) is 8.19. The first-order valence-electron chi connectivity index (χ1n) is 11.8. The van der Waals surface area contributed by atoms with Crippen molar-refractivity contribution in [2.75, 3.05) is 17.7 Å². The van der Waals surface area contributed by atoms with E-state index in [1.165, 1.54) is 35.5 Å². The second-order valence-corrected chi connectivity index (χ2v) is 10.7. The second-order valence-electron chi connectivity index (χ2n) is 9.36. The average molecular weight is 539 g/mol. The zero-order valence-corrected chi connectivity index (χ0v) is 22.7. The van der Waals surface area contributed by atoms with E-state index >= 15 is 0 Å². The molecule has 0 bridgehead atoms. The van der Waals surface area contributed by atoms with Crippen LogP contribution in [0.15, 0.2) is 71.9 Å². The van der Waals surface area contributed by atoms with Crippen molar-refractivity contribution in [2.45, 2.75) is 38.3 Å². The number of benzene rings is 3. The molecule has 1 aromatic heterocycles. The zero-order chi connectivity index (χ0) is 26.6. The summed E-state index contributed by atoms with van der Waals surface area (Å²) in [6.07, 6.45) is 0. The van der Waals surface area contributed by atoms with E-state index in [-0.39, 0.29) is 22.1 Å². The number of nitrogens with one attached hydrogen (secondary N) is 1. The molecule has 3 aromatic carbocycles. The van der Waals surface area contributed by atoms with Crippen LogP contribution in [0.2, 0.25) is 5.02 Å². The summed E-state index contributed by atoms with van der Waals surface area (Å²) in [6, 6.07) is 20.0. The van der Waals surface area contributed by atoms with Crippen LogP contribution in [0.25, 0.3) is 17.1 Å². The third-order valence-electron chi connectivity index (χ3n) is 5.58. The van der Waals surface area contributed by atoms with E-state index in [4.69, 9.17) is 16.3 Å². The van der Waals surface area contributed by atoms with E-state index in [0.717, 1.165) is 17.0 Å². The number of amides is 1. The van der Waals surface area contributed by atoms with Crippen molar-refractivity contribution in [3.63, 3.8) is 0 Å². The molecule has 9 heteroatoms. The molecule has 1 amide bonds. The summed E-state index contributed by atoms with van der Waals surface area (Å²) in [7, 11) is 0. The lowest BCUT2D eigenvalue weighted by atomic mass is 9.87. The molecule has 4 aromatic rings. The van der Waals surface area contributed by atoms with Crippen molar-refractivity contribution in [3.05, 3.63) is 83.1 Å². The lowest BCUT2D eigenvalue weighted by Crippen LogP contribution is -2.14. The summed E-state index contributed by atoms with van der Waals surface area (Å²) >= 11 is 7.08. The van der Waals surface area contributed by atoms with Crippen LogP contribution in [0.1, 0.15) is 33.3 Å². The van der Waals surface area contributed by atoms with Gasteiger partial charge in [0.2, 0.25) is 5.91 Å². The predicted octanol–water partition coefficient (Wildman–Crippen LogP) is 7.15. The van der Waals surface area contributed by atoms with Crippen LogP contribution in [-0.4, -0.2) is 33.0 Å². The fourth-order valence-corrected chi connectivity index (χ4v) is 4.59. The fourth-order valence-electron chi connectivity index (χ4n) is 3.66. The van der Waals surface area contributed by atoms with Crippen LogP contribution in [0, 0.1) is 5.82 Å². The van der Waals surface area contributed by atoms with Gasteiger partial charge in [0.05, 0.1) is 17.4 Å². The van der Waals surface area contributed by atoms with E-state index in [2.05, 4.69) is 48.4 Å². The minimum Gasteiger partial charge on any atom is -0.494 e. The fraction of sp³-hybridized carbons (Fsp3) is 0.250. The van der Waals surface area contributed by atoms with E-state index in [0.29, 0.717) is 23.3 Å². The molecule has 0 radical (unpaired) electrons. The molecule has 0 atom stereocenters. The monoisotopic (exact) mass is 538 g/mol. The molecule has 0 saturated carbocycles. The summed E-state index contributed by atoms with van der Waals surface area (Å²) in [4.78, 5) is 12.6. The topological polar surface area (TPSA) is 69.0 Å². The molecule has 0 saturated heterocycles. The minimum absolute atomic E-state index is 0.0322. The summed E-state index contributed by atoms with van der Waals surface area (Å²) in [5.41, 5.74) is 3.42. The number of hydrogen-bond donors (Lipinski definition) is 1. The predicted molar refractivity (Wildman–Crippen MR) is 147 cm³/mol. The van der Waals surface area contributed by atoms with Crippen molar-refractivity contribution >= 4 is 35.0 Å². The Morgan fingerprint density at radius 2 is 1.76 bits per heavy atom. The Morgan fingerprint density at radius 3 is 2.38 bits per heavy atom. The van der Waals surface area contributed by atoms with Gasteiger partial charge >= 0.3 is 0 Å². The molecule has 0 fully saturated rings. The number of carbonyl (C=O) groups is 1. The summed E-state index contributed by atoms with van der Waals surface area (Å²) in [5.74, 6) is 0.693. The van der Waals surface area contributed by atoms with Gasteiger partial charge in [0.25, 0.3) is 0 Å². The highest BCUT2D eigenvalue weighted by molar-refractivity contribution is 7.99. The number of halogens is 2. The molecule has 37 heavy (non-hydrogen) atoms. The molecule has 0 aliphatic rings. The Balaban J connectivity index is 1.61. The quantitative estimate of drug-likeness (QED) is 0.241. The van der Waals surface area contributed by atoms with Gasteiger partial charge in [-0.3, -0.25) is 9.36 Å². The largest absolute Gasteiger partial charge is 0.494 e. The van der Waals surface area contributed by atoms with Crippen molar-refractivity contribution in [3.8, 4) is 22.8 Å². The molecule has 0 aliphatic carbocycles. The molecular weight excluding hydrogens is 511 g/mol. The first-order valence-corrected chi connectivity index (χ1v) is 13.2. The number of thioether (sulfide) groups is 1. The number of anilines is 1. The first kappa shape index (κ1) is 26.7. The van der Waals surface area contributed by atoms with Crippen LogP contribution >= 0.6 is 23.4 Å². The number of hydrogen-bond acceptors (Lipinski definition) is 5. The molecule has 0 unspecified atom stereocenters. The van der Waals surface area contributed by atoms with Crippen LogP contribution < -0.4 is 10.1 Å². The van der Waals surface area contributed by atoms with E-state index in [9.17, 15) is 9.18 Å². The molecular formula is C28H28ClFN4O2S. The normalized spacial score (nSPS) is 11.4. The number of nitrogens with zero attached hydrogens (tertiary/aromatic N) is 3. The first-order chi connectivity index (χ1) is 17.7. The third-order valence-corrected chi connectivity index (χ3v) is 6.80. The van der Waals surface area contributed by atoms with Crippen LogP contribution in [0.3, 0.4) is 0 Å². The highest BCUT2D eigenvalue weighted by Crippen LogP contribution is 2.31. The van der Waals surface area contributed by atoms with Gasteiger partial charge in [-0.1, -0.05) is 68.4 Å². The van der Waals surface area contributed by atoms with Gasteiger partial charge in [-0.15, -0.1) is 10.2 Å². The van der Waals surface area contributed by atoms with Crippen molar-refractivity contribution < 1.29 is 13.9 Å². The highest BCUT2D eigenvalue weighted by atomic mass is 35.5. The minimum atomic E-state index is -0.541. The smallest absolute Gasteiger partial charge is 0.234 e. The van der Waals surface area contributed by atoms with Crippen LogP contribution in [0.5, 0.6) is 5.75 Å². The molecule has 4 rings (SSSR count). The Labute approximate surface area is 225 Å². The number of aromatic nitrogens is 3. The van der Waals surface area contributed by atoms with Gasteiger partial charge in [0.1, 0.15) is 11.6 Å². The van der Waals surface area contributed by atoms with Gasteiger partial charge in [0, 0.05) is 16.9 Å². The molecule has 0 aliphatic heterocycles. The van der Waals surface area contributed by atoms with Crippen molar-refractivity contribution in [2.24, 2.45) is 0 Å². The van der Waals surface area contributed by atoms with Gasteiger partial charge in [-0.2, -0.15) is 0 Å². The molecule has 1 N–H and O–H groups in total. The summed E-state index contributed by atoms with van der Waals surface area (Å²) in [6.45, 7) is 9.03. The van der Waals surface area contributed by atoms with E-state index in [1.807, 2.05) is 47.9 Å². The Bertz CT molecular complexity index is 1380. The Hall–Kier alpha value is -3.36. The number of rotatable bonds is 8.